The Bertz CT molecular complexity index is 132. The highest BCUT2D eigenvalue weighted by atomic mass is 16.2. The molecule has 1 radical (unpaired) electrons. The highest BCUT2D eigenvalue weighted by Crippen LogP contribution is 1.85. The van der Waals surface area contributed by atoms with Crippen LogP contribution in [0, 0.1) is 0 Å². The highest BCUT2D eigenvalue weighted by molar-refractivity contribution is 6.34. The van der Waals surface area contributed by atoms with Crippen molar-refractivity contribution in [3.8, 4) is 0 Å². The third-order valence-electron chi connectivity index (χ3n) is 1.07. The van der Waals surface area contributed by atoms with E-state index in [1.54, 1.807) is 25.1 Å². The van der Waals surface area contributed by atoms with Crippen LogP contribution in [-0.2, 0) is 4.79 Å². The van der Waals surface area contributed by atoms with Crippen molar-refractivity contribution >= 4 is 13.2 Å². The van der Waals surface area contributed by atoms with Gasteiger partial charge in [-0.25, -0.2) is 0 Å². The second kappa shape index (κ2) is 5.09. The SMILES string of the molecule is C[B]C/C=C/C(=O)N(C)C. The maximum absolute atomic E-state index is 10.8. The van der Waals surface area contributed by atoms with Gasteiger partial charge < -0.3 is 4.90 Å². The zero-order valence-corrected chi connectivity index (χ0v) is 6.79. The van der Waals surface area contributed by atoms with Crippen LogP contribution < -0.4 is 0 Å². The van der Waals surface area contributed by atoms with Crippen molar-refractivity contribution in [2.75, 3.05) is 14.1 Å². The summed E-state index contributed by atoms with van der Waals surface area (Å²) in [5.74, 6) is 0.0434. The van der Waals surface area contributed by atoms with Gasteiger partial charge in [0.15, 0.2) is 0 Å². The Balaban J connectivity index is 3.56. The molecule has 0 spiro atoms. The summed E-state index contributed by atoms with van der Waals surface area (Å²) in [5.41, 5.74) is 0. The van der Waals surface area contributed by atoms with Gasteiger partial charge >= 0.3 is 0 Å². The molecule has 0 aromatic heterocycles. The summed E-state index contributed by atoms with van der Waals surface area (Å²) in [7, 11) is 5.48. The molecule has 2 nitrogen and oxygen atoms in total. The molecule has 0 saturated heterocycles. The maximum atomic E-state index is 10.8. The number of allylic oxidation sites excluding steroid dienone is 1. The molecule has 1 amide bonds. The topological polar surface area (TPSA) is 20.3 Å². The first-order valence-electron chi connectivity index (χ1n) is 3.34. The summed E-state index contributed by atoms with van der Waals surface area (Å²) >= 11 is 0. The van der Waals surface area contributed by atoms with Crippen molar-refractivity contribution in [2.24, 2.45) is 0 Å². The fourth-order valence-corrected chi connectivity index (χ4v) is 0.454. The first kappa shape index (κ1) is 9.27. The molecule has 0 aromatic rings. The Morgan fingerprint density at radius 2 is 2.20 bits per heavy atom. The molecular weight excluding hydrogens is 125 g/mol. The van der Waals surface area contributed by atoms with E-state index in [0.717, 1.165) is 6.32 Å². The molecule has 0 rings (SSSR count). The van der Waals surface area contributed by atoms with Gasteiger partial charge in [-0.1, -0.05) is 19.2 Å². The second-order valence-electron chi connectivity index (χ2n) is 2.28. The monoisotopic (exact) mass is 138 g/mol. The van der Waals surface area contributed by atoms with E-state index in [2.05, 4.69) is 0 Å². The van der Waals surface area contributed by atoms with Crippen LogP contribution in [0.2, 0.25) is 13.1 Å². The molecule has 0 bridgehead atoms. The van der Waals surface area contributed by atoms with Crippen LogP contribution in [0.5, 0.6) is 0 Å². The molecule has 55 valence electrons. The first-order chi connectivity index (χ1) is 4.68. The van der Waals surface area contributed by atoms with Crippen molar-refractivity contribution < 1.29 is 4.79 Å². The molecular formula is C7H13BNO. The Kier molecular flexibility index (Phi) is 4.72. The van der Waals surface area contributed by atoms with Gasteiger partial charge in [-0.15, -0.1) is 0 Å². The molecule has 0 aliphatic carbocycles. The lowest BCUT2D eigenvalue weighted by Crippen LogP contribution is -2.18. The van der Waals surface area contributed by atoms with E-state index < -0.39 is 0 Å². The van der Waals surface area contributed by atoms with E-state index in [4.69, 9.17) is 0 Å². The van der Waals surface area contributed by atoms with Crippen LogP contribution in [-0.4, -0.2) is 32.2 Å². The molecule has 0 heterocycles. The Labute approximate surface area is 63.1 Å². The fraction of sp³-hybridized carbons (Fsp3) is 0.571. The predicted molar refractivity (Wildman–Crippen MR) is 44.3 cm³/mol. The van der Waals surface area contributed by atoms with Gasteiger partial charge in [0.1, 0.15) is 7.28 Å². The first-order valence-corrected chi connectivity index (χ1v) is 3.34. The summed E-state index contributed by atoms with van der Waals surface area (Å²) in [4.78, 5) is 12.4. The Hall–Kier alpha value is -0.725. The van der Waals surface area contributed by atoms with Crippen LogP contribution in [0.4, 0.5) is 0 Å². The lowest BCUT2D eigenvalue weighted by Gasteiger charge is -2.04. The second-order valence-corrected chi connectivity index (χ2v) is 2.28. The lowest BCUT2D eigenvalue weighted by molar-refractivity contribution is -0.123. The normalized spacial score (nSPS) is 9.90. The number of hydrogen-bond acceptors (Lipinski definition) is 1. The quantitative estimate of drug-likeness (QED) is 0.417. The van der Waals surface area contributed by atoms with E-state index in [-0.39, 0.29) is 5.91 Å². The summed E-state index contributed by atoms with van der Waals surface area (Å²) < 4.78 is 0. The van der Waals surface area contributed by atoms with E-state index >= 15 is 0 Å². The lowest BCUT2D eigenvalue weighted by atomic mass is 9.78. The largest absolute Gasteiger partial charge is 0.345 e. The van der Waals surface area contributed by atoms with Gasteiger partial charge in [-0.3, -0.25) is 4.79 Å². The standard InChI is InChI=1S/C7H13BNO/c1-8-6-4-5-7(10)9(2)3/h4-5H,6H2,1-3H3/b5-4+. The van der Waals surface area contributed by atoms with Gasteiger partial charge in [0.2, 0.25) is 5.91 Å². The molecule has 0 atom stereocenters. The van der Waals surface area contributed by atoms with Crippen LogP contribution in [0.15, 0.2) is 12.2 Å². The van der Waals surface area contributed by atoms with E-state index in [9.17, 15) is 4.79 Å². The molecule has 0 aromatic carbocycles. The van der Waals surface area contributed by atoms with Crippen molar-refractivity contribution in [3.05, 3.63) is 12.2 Å². The number of carbonyl (C=O) groups is 1. The predicted octanol–water partition coefficient (Wildman–Crippen LogP) is 0.801. The molecule has 0 N–H and O–H groups in total. The number of carbonyl (C=O) groups excluding carboxylic acids is 1. The molecule has 3 heteroatoms. The van der Waals surface area contributed by atoms with E-state index in [1.807, 2.05) is 20.2 Å². The summed E-state index contributed by atoms with van der Waals surface area (Å²) in [6.07, 6.45) is 4.29. The van der Waals surface area contributed by atoms with Gasteiger partial charge in [0.05, 0.1) is 0 Å². The molecule has 10 heavy (non-hydrogen) atoms. The minimum atomic E-state index is 0.0434. The average Bonchev–Trinajstić information content (AvgIpc) is 1.88. The highest BCUT2D eigenvalue weighted by Gasteiger charge is 1.94. The summed E-state index contributed by atoms with van der Waals surface area (Å²) in [6, 6.07) is 0. The van der Waals surface area contributed by atoms with Gasteiger partial charge in [0.25, 0.3) is 0 Å². The molecule has 0 saturated carbocycles. The van der Waals surface area contributed by atoms with E-state index in [1.165, 1.54) is 0 Å². The number of amides is 1. The van der Waals surface area contributed by atoms with Gasteiger partial charge in [-0.2, -0.15) is 0 Å². The Morgan fingerprint density at radius 3 is 2.60 bits per heavy atom. The van der Waals surface area contributed by atoms with Crippen molar-refractivity contribution in [2.45, 2.75) is 13.1 Å². The molecule has 0 aliphatic rings. The van der Waals surface area contributed by atoms with Crippen LogP contribution >= 0.6 is 0 Å². The van der Waals surface area contributed by atoms with Crippen molar-refractivity contribution in [1.82, 2.24) is 4.90 Å². The minimum absolute atomic E-state index is 0.0434. The van der Waals surface area contributed by atoms with Crippen molar-refractivity contribution in [1.29, 1.82) is 0 Å². The number of rotatable bonds is 3. The minimum Gasteiger partial charge on any atom is -0.345 e. The smallest absolute Gasteiger partial charge is 0.245 e. The summed E-state index contributed by atoms with van der Waals surface area (Å²) in [5, 5.41) is 0. The zero-order valence-electron chi connectivity index (χ0n) is 6.79. The molecule has 0 unspecified atom stereocenters. The van der Waals surface area contributed by atoms with Crippen LogP contribution in [0.1, 0.15) is 0 Å². The average molecular weight is 138 g/mol. The van der Waals surface area contributed by atoms with Crippen molar-refractivity contribution in [3.63, 3.8) is 0 Å². The number of likely N-dealkylation sites (N-methyl/N-ethyl adjacent to an activating group) is 1. The van der Waals surface area contributed by atoms with Gasteiger partial charge in [0, 0.05) is 14.1 Å². The van der Waals surface area contributed by atoms with Crippen LogP contribution in [0.3, 0.4) is 0 Å². The number of nitrogens with zero attached hydrogens (tertiary/aromatic N) is 1. The number of hydrogen-bond donors (Lipinski definition) is 0. The maximum Gasteiger partial charge on any atom is 0.245 e. The fourth-order valence-electron chi connectivity index (χ4n) is 0.454. The summed E-state index contributed by atoms with van der Waals surface area (Å²) in [6.45, 7) is 1.96. The van der Waals surface area contributed by atoms with Crippen LogP contribution in [0.25, 0.3) is 0 Å². The molecule has 0 aliphatic heterocycles. The molecule has 0 fully saturated rings. The van der Waals surface area contributed by atoms with Gasteiger partial charge in [-0.05, 0) is 6.08 Å². The third kappa shape index (κ3) is 4.18. The van der Waals surface area contributed by atoms with E-state index in [0.29, 0.717) is 0 Å². The Morgan fingerprint density at radius 1 is 1.60 bits per heavy atom. The zero-order chi connectivity index (χ0) is 7.98. The third-order valence-corrected chi connectivity index (χ3v) is 1.07.